The zero-order chi connectivity index (χ0) is 19.8. The maximum absolute atomic E-state index is 12.1. The second kappa shape index (κ2) is 9.80. The zero-order valence-corrected chi connectivity index (χ0v) is 16.4. The Morgan fingerprint density at radius 1 is 1.07 bits per heavy atom. The third-order valence-electron chi connectivity index (χ3n) is 4.18. The molecule has 5 nitrogen and oxygen atoms in total. The number of hydrogen-bond donors (Lipinski definition) is 1. The lowest BCUT2D eigenvalue weighted by molar-refractivity contribution is -0.124. The Balaban J connectivity index is 1.43. The molecule has 0 aliphatic carbocycles. The lowest BCUT2D eigenvalue weighted by Gasteiger charge is -2.13. The van der Waals surface area contributed by atoms with Gasteiger partial charge in [0.15, 0.2) is 12.3 Å². The summed E-state index contributed by atoms with van der Waals surface area (Å²) in [6.45, 7) is 1.63. The molecule has 1 heterocycles. The number of rotatable bonds is 8. The van der Waals surface area contributed by atoms with Crippen molar-refractivity contribution in [3.05, 3.63) is 77.3 Å². The summed E-state index contributed by atoms with van der Waals surface area (Å²) >= 11 is 1.37. The third-order valence-corrected chi connectivity index (χ3v) is 5.08. The van der Waals surface area contributed by atoms with Crippen LogP contribution in [0.15, 0.2) is 66.0 Å². The molecule has 0 spiro atoms. The number of nitrogens with zero attached hydrogens (tertiary/aromatic N) is 1. The Bertz CT molecular complexity index is 910. The predicted molar refractivity (Wildman–Crippen MR) is 110 cm³/mol. The predicted octanol–water partition coefficient (Wildman–Crippen LogP) is 4.10. The molecule has 0 fully saturated rings. The van der Waals surface area contributed by atoms with E-state index < -0.39 is 5.97 Å². The summed E-state index contributed by atoms with van der Waals surface area (Å²) in [5, 5.41) is 5.24. The number of aryl methyl sites for hydroxylation is 1. The molecule has 0 saturated carbocycles. The van der Waals surface area contributed by atoms with Gasteiger partial charge in [0, 0.05) is 17.0 Å². The number of carbonyl (C=O) groups excluding carboxylic acids is 2. The Morgan fingerprint density at radius 3 is 2.46 bits per heavy atom. The molecule has 2 aromatic carbocycles. The smallest absolute Gasteiger partial charge is 0.358 e. The van der Waals surface area contributed by atoms with Crippen LogP contribution in [0.25, 0.3) is 10.6 Å². The highest BCUT2D eigenvalue weighted by atomic mass is 32.1. The van der Waals surface area contributed by atoms with Crippen molar-refractivity contribution in [1.82, 2.24) is 10.3 Å². The largest absolute Gasteiger partial charge is 0.451 e. The fraction of sp³-hybridized carbons (Fsp3) is 0.227. The Hall–Kier alpha value is -2.99. The van der Waals surface area contributed by atoms with Crippen LogP contribution < -0.4 is 5.32 Å². The maximum Gasteiger partial charge on any atom is 0.358 e. The van der Waals surface area contributed by atoms with E-state index in [2.05, 4.69) is 22.4 Å². The molecule has 1 amide bonds. The van der Waals surface area contributed by atoms with E-state index in [1.807, 2.05) is 55.5 Å². The van der Waals surface area contributed by atoms with E-state index in [9.17, 15) is 9.59 Å². The summed E-state index contributed by atoms with van der Waals surface area (Å²) in [6.07, 6.45) is 1.69. The summed E-state index contributed by atoms with van der Waals surface area (Å²) in [5.41, 5.74) is 2.39. The number of carbonyl (C=O) groups is 2. The first kappa shape index (κ1) is 19.8. The second-order valence-corrected chi connectivity index (χ2v) is 7.33. The number of nitrogens with one attached hydrogen (secondary N) is 1. The Morgan fingerprint density at radius 2 is 1.75 bits per heavy atom. The molecule has 1 N–H and O–H groups in total. The number of amides is 1. The molecule has 0 aliphatic rings. The van der Waals surface area contributed by atoms with E-state index >= 15 is 0 Å². The van der Waals surface area contributed by atoms with Gasteiger partial charge in [-0.25, -0.2) is 9.78 Å². The number of benzene rings is 2. The van der Waals surface area contributed by atoms with Crippen LogP contribution in [0.4, 0.5) is 0 Å². The van der Waals surface area contributed by atoms with Gasteiger partial charge in [0.05, 0.1) is 0 Å². The molecule has 144 valence electrons. The summed E-state index contributed by atoms with van der Waals surface area (Å²) in [4.78, 5) is 28.4. The topological polar surface area (TPSA) is 68.3 Å². The molecule has 0 bridgehead atoms. The standard InChI is InChI=1S/C22H22N2O3S/c1-16(12-13-17-8-4-2-5-9-17)23-20(25)14-27-22(26)19-15-28-21(24-19)18-10-6-3-7-11-18/h2-11,15-16H,12-14H2,1H3,(H,23,25)/t16-/m0/s1. The van der Waals surface area contributed by atoms with Gasteiger partial charge in [-0.1, -0.05) is 60.7 Å². The van der Waals surface area contributed by atoms with E-state index in [1.165, 1.54) is 16.9 Å². The SMILES string of the molecule is C[C@@H](CCc1ccccc1)NC(=O)COC(=O)c1csc(-c2ccccc2)n1. The van der Waals surface area contributed by atoms with Gasteiger partial charge < -0.3 is 10.1 Å². The fourth-order valence-electron chi connectivity index (χ4n) is 2.70. The number of esters is 1. The summed E-state index contributed by atoms with van der Waals surface area (Å²) in [5.74, 6) is -0.905. The van der Waals surface area contributed by atoms with Gasteiger partial charge in [0.1, 0.15) is 5.01 Å². The normalized spacial score (nSPS) is 11.6. The van der Waals surface area contributed by atoms with Crippen LogP contribution in [0.1, 0.15) is 29.4 Å². The van der Waals surface area contributed by atoms with Crippen LogP contribution in [0.3, 0.4) is 0 Å². The van der Waals surface area contributed by atoms with Gasteiger partial charge in [-0.3, -0.25) is 4.79 Å². The monoisotopic (exact) mass is 394 g/mol. The Kier molecular flexibility index (Phi) is 6.92. The van der Waals surface area contributed by atoms with E-state index in [4.69, 9.17) is 4.74 Å². The molecular formula is C22H22N2O3S. The van der Waals surface area contributed by atoms with Crippen molar-refractivity contribution < 1.29 is 14.3 Å². The van der Waals surface area contributed by atoms with Crippen molar-refractivity contribution in [2.75, 3.05) is 6.61 Å². The highest BCUT2D eigenvalue weighted by molar-refractivity contribution is 7.13. The number of hydrogen-bond acceptors (Lipinski definition) is 5. The summed E-state index contributed by atoms with van der Waals surface area (Å²) in [6, 6.07) is 19.7. The lowest BCUT2D eigenvalue weighted by Crippen LogP contribution is -2.36. The Labute approximate surface area is 168 Å². The molecule has 0 saturated heterocycles. The van der Waals surface area contributed by atoms with Gasteiger partial charge in [-0.15, -0.1) is 11.3 Å². The first-order chi connectivity index (χ1) is 13.6. The molecule has 28 heavy (non-hydrogen) atoms. The van der Waals surface area contributed by atoms with Crippen molar-refractivity contribution in [1.29, 1.82) is 0 Å². The third kappa shape index (κ3) is 5.76. The molecule has 3 rings (SSSR count). The summed E-state index contributed by atoms with van der Waals surface area (Å²) in [7, 11) is 0. The van der Waals surface area contributed by atoms with Crippen molar-refractivity contribution >= 4 is 23.2 Å². The molecule has 0 radical (unpaired) electrons. The van der Waals surface area contributed by atoms with E-state index in [0.717, 1.165) is 23.4 Å². The molecule has 6 heteroatoms. The van der Waals surface area contributed by atoms with Gasteiger partial charge in [-0.2, -0.15) is 0 Å². The van der Waals surface area contributed by atoms with Gasteiger partial charge >= 0.3 is 5.97 Å². The van der Waals surface area contributed by atoms with Gasteiger partial charge in [0.2, 0.25) is 0 Å². The molecule has 0 unspecified atom stereocenters. The highest BCUT2D eigenvalue weighted by Crippen LogP contribution is 2.23. The van der Waals surface area contributed by atoms with E-state index in [-0.39, 0.29) is 24.2 Å². The second-order valence-electron chi connectivity index (χ2n) is 6.47. The average molecular weight is 394 g/mol. The van der Waals surface area contributed by atoms with Crippen molar-refractivity contribution in [2.24, 2.45) is 0 Å². The van der Waals surface area contributed by atoms with Gasteiger partial charge in [-0.05, 0) is 25.3 Å². The van der Waals surface area contributed by atoms with Crippen molar-refractivity contribution in [3.63, 3.8) is 0 Å². The zero-order valence-electron chi connectivity index (χ0n) is 15.6. The van der Waals surface area contributed by atoms with Crippen molar-refractivity contribution in [2.45, 2.75) is 25.8 Å². The average Bonchev–Trinajstić information content (AvgIpc) is 3.22. The van der Waals surface area contributed by atoms with E-state index in [0.29, 0.717) is 0 Å². The molecular weight excluding hydrogens is 372 g/mol. The van der Waals surface area contributed by atoms with Gasteiger partial charge in [0.25, 0.3) is 5.91 Å². The highest BCUT2D eigenvalue weighted by Gasteiger charge is 2.15. The number of ether oxygens (including phenoxy) is 1. The number of aromatic nitrogens is 1. The molecule has 0 aliphatic heterocycles. The van der Waals surface area contributed by atoms with Crippen LogP contribution >= 0.6 is 11.3 Å². The number of thiazole rings is 1. The fourth-order valence-corrected chi connectivity index (χ4v) is 3.50. The van der Waals surface area contributed by atoms with Crippen LogP contribution in [-0.2, 0) is 16.0 Å². The first-order valence-electron chi connectivity index (χ1n) is 9.13. The lowest BCUT2D eigenvalue weighted by atomic mass is 10.1. The van der Waals surface area contributed by atoms with Crippen LogP contribution in [0.2, 0.25) is 0 Å². The molecule has 3 aromatic rings. The minimum absolute atomic E-state index is 0.00429. The minimum Gasteiger partial charge on any atom is -0.451 e. The van der Waals surface area contributed by atoms with Crippen LogP contribution in [-0.4, -0.2) is 29.5 Å². The first-order valence-corrected chi connectivity index (χ1v) is 10.0. The molecule has 1 aromatic heterocycles. The summed E-state index contributed by atoms with van der Waals surface area (Å²) < 4.78 is 5.10. The van der Waals surface area contributed by atoms with E-state index in [1.54, 1.807) is 5.38 Å². The van der Waals surface area contributed by atoms with Crippen molar-refractivity contribution in [3.8, 4) is 10.6 Å². The van der Waals surface area contributed by atoms with Crippen LogP contribution in [0.5, 0.6) is 0 Å². The minimum atomic E-state index is -0.592. The maximum atomic E-state index is 12.1. The quantitative estimate of drug-likeness (QED) is 0.584. The van der Waals surface area contributed by atoms with Crippen LogP contribution in [0, 0.1) is 0 Å². The molecule has 1 atom stereocenters.